The van der Waals surface area contributed by atoms with Crippen molar-refractivity contribution >= 4 is 85.0 Å². The van der Waals surface area contributed by atoms with Gasteiger partial charge >= 0.3 is 0 Å². The summed E-state index contributed by atoms with van der Waals surface area (Å²) in [6.45, 7) is 1.65. The van der Waals surface area contributed by atoms with E-state index in [-0.39, 0.29) is 18.4 Å². The standard InChI is InChI=1S/C32H24BrCl2N5O3S/c1-19-2-10-26(15-27(19)35)37-30(41)17-43-29-13-7-23(33)14-22(29)16-36-40-31(42)21-5-3-20(4-6-21)28-18-44-32(39-28)38-25-11-8-24(34)9-12-25/h2-16,18H,17H2,1H3,(H,37,41)(H,38,39)(H,40,42)/b36-16-. The maximum atomic E-state index is 12.7. The minimum absolute atomic E-state index is 0.232. The van der Waals surface area contributed by atoms with Gasteiger partial charge in [0.2, 0.25) is 0 Å². The van der Waals surface area contributed by atoms with Crippen molar-refractivity contribution in [2.24, 2.45) is 5.10 Å². The van der Waals surface area contributed by atoms with E-state index in [9.17, 15) is 9.59 Å². The molecule has 0 atom stereocenters. The molecule has 44 heavy (non-hydrogen) atoms. The molecule has 12 heteroatoms. The number of anilines is 3. The van der Waals surface area contributed by atoms with Crippen molar-refractivity contribution in [3.63, 3.8) is 0 Å². The highest BCUT2D eigenvalue weighted by molar-refractivity contribution is 9.10. The van der Waals surface area contributed by atoms with Gasteiger partial charge in [-0.2, -0.15) is 5.10 Å². The minimum atomic E-state index is -0.384. The van der Waals surface area contributed by atoms with Crippen LogP contribution in [0.15, 0.2) is 99.9 Å². The van der Waals surface area contributed by atoms with Gasteiger partial charge in [0.25, 0.3) is 11.8 Å². The van der Waals surface area contributed by atoms with Crippen molar-refractivity contribution in [3.8, 4) is 17.0 Å². The molecule has 0 saturated heterocycles. The van der Waals surface area contributed by atoms with Gasteiger partial charge < -0.3 is 15.4 Å². The maximum Gasteiger partial charge on any atom is 0.271 e. The van der Waals surface area contributed by atoms with Gasteiger partial charge in [0, 0.05) is 48.0 Å². The topological polar surface area (TPSA) is 105 Å². The van der Waals surface area contributed by atoms with Crippen LogP contribution in [-0.4, -0.2) is 29.6 Å². The van der Waals surface area contributed by atoms with E-state index in [0.29, 0.717) is 32.6 Å². The Morgan fingerprint density at radius 2 is 1.73 bits per heavy atom. The van der Waals surface area contributed by atoms with Crippen molar-refractivity contribution < 1.29 is 14.3 Å². The number of aromatic nitrogens is 1. The number of ether oxygens (including phenoxy) is 1. The molecule has 0 radical (unpaired) electrons. The van der Waals surface area contributed by atoms with E-state index in [2.05, 4.69) is 42.1 Å². The van der Waals surface area contributed by atoms with Crippen LogP contribution >= 0.6 is 50.5 Å². The van der Waals surface area contributed by atoms with Crippen LogP contribution in [0.2, 0.25) is 10.0 Å². The molecule has 1 heterocycles. The number of thiazole rings is 1. The lowest BCUT2D eigenvalue weighted by Crippen LogP contribution is -2.20. The normalized spacial score (nSPS) is 10.9. The molecule has 3 N–H and O–H groups in total. The lowest BCUT2D eigenvalue weighted by molar-refractivity contribution is -0.118. The number of hydrogen-bond donors (Lipinski definition) is 3. The fourth-order valence-electron chi connectivity index (χ4n) is 3.90. The van der Waals surface area contributed by atoms with Gasteiger partial charge in [-0.3, -0.25) is 9.59 Å². The Morgan fingerprint density at radius 1 is 0.977 bits per heavy atom. The van der Waals surface area contributed by atoms with Gasteiger partial charge in [0.05, 0.1) is 11.9 Å². The number of rotatable bonds is 10. The van der Waals surface area contributed by atoms with Gasteiger partial charge in [-0.05, 0) is 79.2 Å². The Bertz CT molecular complexity index is 1830. The molecule has 0 aliphatic carbocycles. The SMILES string of the molecule is Cc1ccc(NC(=O)COc2ccc(Br)cc2/C=N\NC(=O)c2ccc(-c3csc(Nc4ccc(Cl)cc4)n3)cc2)cc1Cl. The van der Waals surface area contributed by atoms with Gasteiger partial charge in [-0.25, -0.2) is 10.4 Å². The van der Waals surface area contributed by atoms with Crippen molar-refractivity contribution in [1.82, 2.24) is 10.4 Å². The van der Waals surface area contributed by atoms with E-state index in [4.69, 9.17) is 27.9 Å². The average Bonchev–Trinajstić information content (AvgIpc) is 3.48. The number of hydrazone groups is 1. The van der Waals surface area contributed by atoms with Crippen LogP contribution in [0.5, 0.6) is 5.75 Å². The first-order chi connectivity index (χ1) is 21.2. The molecule has 0 fully saturated rings. The minimum Gasteiger partial charge on any atom is -0.483 e. The van der Waals surface area contributed by atoms with E-state index in [1.807, 2.05) is 54.8 Å². The van der Waals surface area contributed by atoms with Crippen LogP contribution in [-0.2, 0) is 4.79 Å². The molecule has 1 aromatic heterocycles. The summed E-state index contributed by atoms with van der Waals surface area (Å²) in [5, 5.41) is 14.0. The third-order valence-corrected chi connectivity index (χ3v) is 8.11. The quantitative estimate of drug-likeness (QED) is 0.0995. The Hall–Kier alpha value is -4.22. The Morgan fingerprint density at radius 3 is 2.48 bits per heavy atom. The largest absolute Gasteiger partial charge is 0.483 e. The first-order valence-corrected chi connectivity index (χ1v) is 15.6. The van der Waals surface area contributed by atoms with Crippen LogP contribution < -0.4 is 20.8 Å². The van der Waals surface area contributed by atoms with Crippen molar-refractivity contribution in [1.29, 1.82) is 0 Å². The molecule has 5 rings (SSSR count). The zero-order valence-electron chi connectivity index (χ0n) is 23.1. The summed E-state index contributed by atoms with van der Waals surface area (Å²) < 4.78 is 6.51. The number of hydrogen-bond acceptors (Lipinski definition) is 7. The summed E-state index contributed by atoms with van der Waals surface area (Å²) in [6, 6.07) is 25.0. The molecular formula is C32H24BrCl2N5O3S. The molecule has 2 amide bonds. The summed E-state index contributed by atoms with van der Waals surface area (Å²) >= 11 is 17.0. The first-order valence-electron chi connectivity index (χ1n) is 13.1. The summed E-state index contributed by atoms with van der Waals surface area (Å²) in [4.78, 5) is 29.8. The molecule has 4 aromatic carbocycles. The molecule has 0 unspecified atom stereocenters. The third-order valence-electron chi connectivity index (χ3n) is 6.20. The van der Waals surface area contributed by atoms with E-state index in [1.165, 1.54) is 17.6 Å². The van der Waals surface area contributed by atoms with Gasteiger partial charge in [0.15, 0.2) is 11.7 Å². The summed E-state index contributed by atoms with van der Waals surface area (Å²) in [7, 11) is 0. The highest BCUT2D eigenvalue weighted by Crippen LogP contribution is 2.28. The fraction of sp³-hybridized carbons (Fsp3) is 0.0625. The molecule has 0 aliphatic rings. The molecular weight excluding hydrogens is 685 g/mol. The predicted octanol–water partition coefficient (Wildman–Crippen LogP) is 8.71. The predicted molar refractivity (Wildman–Crippen MR) is 182 cm³/mol. The monoisotopic (exact) mass is 707 g/mol. The van der Waals surface area contributed by atoms with Gasteiger partial charge in [-0.1, -0.05) is 57.3 Å². The molecule has 222 valence electrons. The second kappa shape index (κ2) is 14.5. The third kappa shape index (κ3) is 8.45. The van der Waals surface area contributed by atoms with Crippen molar-refractivity contribution in [3.05, 3.63) is 122 Å². The van der Waals surface area contributed by atoms with Crippen LogP contribution in [0, 0.1) is 6.92 Å². The summed E-state index contributed by atoms with van der Waals surface area (Å²) in [5.74, 6) is -0.315. The fourth-order valence-corrected chi connectivity index (χ4v) is 5.33. The van der Waals surface area contributed by atoms with E-state index in [0.717, 1.165) is 32.1 Å². The molecule has 5 aromatic rings. The zero-order chi connectivity index (χ0) is 31.1. The van der Waals surface area contributed by atoms with E-state index >= 15 is 0 Å². The van der Waals surface area contributed by atoms with Crippen LogP contribution in [0.25, 0.3) is 11.3 Å². The van der Waals surface area contributed by atoms with Gasteiger partial charge in [0.1, 0.15) is 5.75 Å². The number of nitrogens with zero attached hydrogens (tertiary/aromatic N) is 2. The van der Waals surface area contributed by atoms with Crippen LogP contribution in [0.1, 0.15) is 21.5 Å². The molecule has 8 nitrogen and oxygen atoms in total. The van der Waals surface area contributed by atoms with Crippen LogP contribution in [0.4, 0.5) is 16.5 Å². The van der Waals surface area contributed by atoms with Crippen LogP contribution in [0.3, 0.4) is 0 Å². The maximum absolute atomic E-state index is 12.7. The van der Waals surface area contributed by atoms with E-state index < -0.39 is 0 Å². The zero-order valence-corrected chi connectivity index (χ0v) is 27.0. The lowest BCUT2D eigenvalue weighted by Gasteiger charge is -2.11. The Kier molecular flexibility index (Phi) is 10.3. The molecule has 0 bridgehead atoms. The number of nitrogens with one attached hydrogen (secondary N) is 3. The summed E-state index contributed by atoms with van der Waals surface area (Å²) in [6.07, 6.45) is 1.45. The number of halogens is 3. The average molecular weight is 709 g/mol. The lowest BCUT2D eigenvalue weighted by atomic mass is 10.1. The molecule has 0 spiro atoms. The number of carbonyl (C=O) groups is 2. The molecule has 0 aliphatic heterocycles. The Labute approximate surface area is 276 Å². The number of aryl methyl sites for hydroxylation is 1. The van der Waals surface area contributed by atoms with Crippen molar-refractivity contribution in [2.75, 3.05) is 17.2 Å². The molecule has 0 saturated carbocycles. The Balaban J connectivity index is 1.16. The van der Waals surface area contributed by atoms with E-state index in [1.54, 1.807) is 42.5 Å². The van der Waals surface area contributed by atoms with Crippen molar-refractivity contribution in [2.45, 2.75) is 6.92 Å². The number of carbonyl (C=O) groups excluding carboxylic acids is 2. The second-order valence-corrected chi connectivity index (χ2v) is 12.0. The highest BCUT2D eigenvalue weighted by Gasteiger charge is 2.11. The first kappa shape index (κ1) is 31.2. The number of benzene rings is 4. The second-order valence-electron chi connectivity index (χ2n) is 9.43. The number of amides is 2. The highest BCUT2D eigenvalue weighted by atomic mass is 79.9. The summed E-state index contributed by atoms with van der Waals surface area (Å²) in [5.41, 5.74) is 7.56. The van der Waals surface area contributed by atoms with Gasteiger partial charge in [-0.15, -0.1) is 11.3 Å². The smallest absolute Gasteiger partial charge is 0.271 e.